The van der Waals surface area contributed by atoms with E-state index < -0.39 is 0 Å². The molecule has 10 heteroatoms. The van der Waals surface area contributed by atoms with Crippen molar-refractivity contribution in [3.05, 3.63) is 64.5 Å². The third kappa shape index (κ3) is 6.82. The van der Waals surface area contributed by atoms with Crippen molar-refractivity contribution in [1.29, 1.82) is 0 Å². The zero-order valence-electron chi connectivity index (χ0n) is 24.1. The van der Waals surface area contributed by atoms with Gasteiger partial charge in [0.1, 0.15) is 16.5 Å². The predicted octanol–water partition coefficient (Wildman–Crippen LogP) is 7.39. The molecule has 0 radical (unpaired) electrons. The Labute approximate surface area is 254 Å². The first kappa shape index (κ1) is 29.7. The number of hydrogen-bond donors (Lipinski definition) is 2. The number of esters is 1. The Kier molecular flexibility index (Phi) is 9.86. The lowest BCUT2D eigenvalue weighted by Gasteiger charge is -2.11. The van der Waals surface area contributed by atoms with Gasteiger partial charge in [-0.05, 0) is 79.8 Å². The Bertz CT molecular complexity index is 1460. The number of carbonyl (C=O) groups is 2. The van der Waals surface area contributed by atoms with E-state index in [1.807, 2.05) is 48.5 Å². The number of aromatic amines is 1. The molecule has 1 aliphatic rings. The van der Waals surface area contributed by atoms with E-state index in [2.05, 4.69) is 10.3 Å². The van der Waals surface area contributed by atoms with Crippen LogP contribution in [0.3, 0.4) is 0 Å². The highest BCUT2D eigenvalue weighted by Crippen LogP contribution is 2.38. The van der Waals surface area contributed by atoms with E-state index in [1.54, 1.807) is 14.2 Å². The number of H-pyrrole nitrogens is 1. The van der Waals surface area contributed by atoms with Crippen LogP contribution in [0.15, 0.2) is 53.7 Å². The molecule has 8 nitrogen and oxygen atoms in total. The number of aromatic nitrogens is 2. The second-order valence-corrected chi connectivity index (χ2v) is 12.2. The molecule has 2 heterocycles. The van der Waals surface area contributed by atoms with E-state index in [1.165, 1.54) is 41.5 Å². The van der Waals surface area contributed by atoms with Crippen molar-refractivity contribution in [3.8, 4) is 34.0 Å². The second kappa shape index (κ2) is 13.9. The monoisotopic (exact) mass is 605 g/mol. The third-order valence-electron chi connectivity index (χ3n) is 7.31. The first-order chi connectivity index (χ1) is 20.5. The molecule has 0 unspecified atom stereocenters. The highest BCUT2D eigenvalue weighted by atomic mass is 32.2. The van der Waals surface area contributed by atoms with Crippen LogP contribution < -0.4 is 14.8 Å². The number of imidazole rings is 1. The molecule has 1 amide bonds. The van der Waals surface area contributed by atoms with Crippen molar-refractivity contribution in [3.63, 3.8) is 0 Å². The summed E-state index contributed by atoms with van der Waals surface area (Å²) in [5.74, 6) is 1.54. The summed E-state index contributed by atoms with van der Waals surface area (Å²) in [5.41, 5.74) is 5.19. The first-order valence-electron chi connectivity index (χ1n) is 14.0. The van der Waals surface area contributed by atoms with Gasteiger partial charge in [-0.1, -0.05) is 24.6 Å². The molecule has 5 rings (SSSR count). The number of nitrogens with zero attached hydrogens (tertiary/aromatic N) is 1. The molecule has 2 aromatic carbocycles. The summed E-state index contributed by atoms with van der Waals surface area (Å²) in [7, 11) is 4.67. The maximum Gasteiger partial charge on any atom is 0.341 e. The minimum atomic E-state index is -0.384. The highest BCUT2D eigenvalue weighted by Gasteiger charge is 2.26. The van der Waals surface area contributed by atoms with Crippen LogP contribution in [-0.4, -0.2) is 48.9 Å². The van der Waals surface area contributed by atoms with Crippen LogP contribution in [0.4, 0.5) is 5.00 Å². The Morgan fingerprint density at radius 3 is 2.19 bits per heavy atom. The number of ether oxygens (including phenoxy) is 3. The fraction of sp³-hybridized carbons (Fsp3) is 0.344. The Morgan fingerprint density at radius 2 is 1.55 bits per heavy atom. The SMILES string of the molecule is COC(=O)c1c(NC(=O)CCSc2nc(-c3ccc(OC)cc3)c(-c3ccc(OC)cc3)[nH]2)sc2c1CCCCCC2. The van der Waals surface area contributed by atoms with Gasteiger partial charge in [0.15, 0.2) is 5.16 Å². The first-order valence-corrected chi connectivity index (χ1v) is 15.8. The summed E-state index contributed by atoms with van der Waals surface area (Å²) in [5, 5.41) is 4.33. The molecule has 42 heavy (non-hydrogen) atoms. The molecule has 2 N–H and O–H groups in total. The van der Waals surface area contributed by atoms with Gasteiger partial charge in [0, 0.05) is 28.2 Å². The van der Waals surface area contributed by atoms with Crippen LogP contribution in [-0.2, 0) is 22.4 Å². The van der Waals surface area contributed by atoms with Crippen LogP contribution in [0.25, 0.3) is 22.5 Å². The zero-order chi connectivity index (χ0) is 29.5. The maximum absolute atomic E-state index is 13.0. The summed E-state index contributed by atoms with van der Waals surface area (Å²) in [6.45, 7) is 0. The van der Waals surface area contributed by atoms with Gasteiger partial charge >= 0.3 is 5.97 Å². The summed E-state index contributed by atoms with van der Waals surface area (Å²) in [4.78, 5) is 35.2. The minimum absolute atomic E-state index is 0.140. The Balaban J connectivity index is 1.31. The fourth-order valence-electron chi connectivity index (χ4n) is 5.10. The summed E-state index contributed by atoms with van der Waals surface area (Å²) >= 11 is 3.00. The number of thioether (sulfide) groups is 1. The van der Waals surface area contributed by atoms with E-state index in [0.717, 1.165) is 71.7 Å². The molecule has 2 aromatic heterocycles. The number of anilines is 1. The van der Waals surface area contributed by atoms with Crippen molar-refractivity contribution >= 4 is 40.0 Å². The van der Waals surface area contributed by atoms with E-state index in [-0.39, 0.29) is 18.3 Å². The van der Waals surface area contributed by atoms with E-state index in [0.29, 0.717) is 21.5 Å². The highest BCUT2D eigenvalue weighted by molar-refractivity contribution is 7.99. The van der Waals surface area contributed by atoms with Crippen LogP contribution in [0.1, 0.15) is 52.9 Å². The molecular weight excluding hydrogens is 571 g/mol. The van der Waals surface area contributed by atoms with Crippen molar-refractivity contribution in [2.45, 2.75) is 50.1 Å². The summed E-state index contributed by atoms with van der Waals surface area (Å²) < 4.78 is 15.7. The molecule has 0 atom stereocenters. The number of thiophene rings is 1. The lowest BCUT2D eigenvalue weighted by atomic mass is 9.96. The lowest BCUT2D eigenvalue weighted by molar-refractivity contribution is -0.115. The van der Waals surface area contributed by atoms with E-state index in [9.17, 15) is 9.59 Å². The van der Waals surface area contributed by atoms with Crippen molar-refractivity contribution in [2.75, 3.05) is 32.4 Å². The van der Waals surface area contributed by atoms with Gasteiger partial charge in [-0.3, -0.25) is 4.79 Å². The lowest BCUT2D eigenvalue weighted by Crippen LogP contribution is -2.15. The number of carbonyl (C=O) groups excluding carboxylic acids is 2. The van der Waals surface area contributed by atoms with Crippen LogP contribution in [0.2, 0.25) is 0 Å². The molecule has 0 spiro atoms. The fourth-order valence-corrected chi connectivity index (χ4v) is 7.20. The van der Waals surface area contributed by atoms with Gasteiger partial charge in [0.05, 0.1) is 38.3 Å². The second-order valence-electron chi connectivity index (χ2n) is 9.98. The normalized spacial score (nSPS) is 13.0. The molecular formula is C32H35N3O5S2. The van der Waals surface area contributed by atoms with Crippen molar-refractivity contribution in [1.82, 2.24) is 9.97 Å². The quantitative estimate of drug-likeness (QED) is 0.144. The number of rotatable bonds is 10. The number of nitrogens with one attached hydrogen (secondary N) is 2. The predicted molar refractivity (Wildman–Crippen MR) is 168 cm³/mol. The van der Waals surface area contributed by atoms with Crippen molar-refractivity contribution in [2.24, 2.45) is 0 Å². The van der Waals surface area contributed by atoms with Gasteiger partial charge in [-0.15, -0.1) is 11.3 Å². The smallest absolute Gasteiger partial charge is 0.341 e. The number of benzene rings is 2. The topological polar surface area (TPSA) is 103 Å². The van der Waals surface area contributed by atoms with Crippen LogP contribution in [0.5, 0.6) is 11.5 Å². The van der Waals surface area contributed by atoms with Gasteiger partial charge < -0.3 is 24.5 Å². The maximum atomic E-state index is 13.0. The number of methoxy groups -OCH3 is 3. The van der Waals surface area contributed by atoms with Gasteiger partial charge in [0.25, 0.3) is 0 Å². The molecule has 220 valence electrons. The zero-order valence-corrected chi connectivity index (χ0v) is 25.7. The van der Waals surface area contributed by atoms with Crippen molar-refractivity contribution < 1.29 is 23.8 Å². The average Bonchev–Trinajstić information content (AvgIpc) is 3.57. The average molecular weight is 606 g/mol. The number of fused-ring (bicyclic) bond motifs is 1. The summed E-state index contributed by atoms with van der Waals surface area (Å²) in [6, 6.07) is 15.6. The summed E-state index contributed by atoms with van der Waals surface area (Å²) in [6.07, 6.45) is 6.52. The minimum Gasteiger partial charge on any atom is -0.497 e. The van der Waals surface area contributed by atoms with Crippen LogP contribution >= 0.6 is 23.1 Å². The van der Waals surface area contributed by atoms with Gasteiger partial charge in [0.2, 0.25) is 5.91 Å². The molecule has 0 fully saturated rings. The standard InChI is InChI=1S/C32H35N3O5S2/c1-38-22-14-10-20(11-15-22)28-29(21-12-16-23(39-2)17-13-21)35-32(34-28)41-19-18-26(36)33-30-27(31(37)40-3)24-8-6-4-5-7-9-25(24)42-30/h10-17H,4-9,18-19H2,1-3H3,(H,33,36)(H,34,35). The Morgan fingerprint density at radius 1 is 0.905 bits per heavy atom. The van der Waals surface area contributed by atoms with Gasteiger partial charge in [-0.2, -0.15) is 0 Å². The molecule has 0 saturated carbocycles. The van der Waals surface area contributed by atoms with E-state index >= 15 is 0 Å². The molecule has 1 aliphatic carbocycles. The number of hydrogen-bond acceptors (Lipinski definition) is 8. The molecule has 4 aromatic rings. The Hall–Kier alpha value is -3.76. The molecule has 0 bridgehead atoms. The molecule has 0 saturated heterocycles. The third-order valence-corrected chi connectivity index (χ3v) is 9.39. The number of amides is 1. The molecule has 0 aliphatic heterocycles. The van der Waals surface area contributed by atoms with E-state index in [4.69, 9.17) is 19.2 Å². The largest absolute Gasteiger partial charge is 0.497 e. The van der Waals surface area contributed by atoms with Crippen LogP contribution in [0, 0.1) is 0 Å². The van der Waals surface area contributed by atoms with Gasteiger partial charge in [-0.25, -0.2) is 9.78 Å². The number of aryl methyl sites for hydroxylation is 1.